The van der Waals surface area contributed by atoms with E-state index in [9.17, 15) is 19.2 Å². The van der Waals surface area contributed by atoms with Crippen LogP contribution in [-0.4, -0.2) is 46.7 Å². The number of piperidine rings is 1. The first kappa shape index (κ1) is 17.8. The van der Waals surface area contributed by atoms with Crippen LogP contribution in [0.25, 0.3) is 0 Å². The van der Waals surface area contributed by atoms with Crippen LogP contribution >= 0.6 is 0 Å². The van der Waals surface area contributed by atoms with Gasteiger partial charge < -0.3 is 11.1 Å². The summed E-state index contributed by atoms with van der Waals surface area (Å²) in [6.45, 7) is 0.461. The van der Waals surface area contributed by atoms with Crippen molar-refractivity contribution in [2.24, 2.45) is 5.73 Å². The van der Waals surface area contributed by atoms with Crippen molar-refractivity contribution < 1.29 is 19.2 Å². The van der Waals surface area contributed by atoms with E-state index in [4.69, 9.17) is 5.73 Å². The van der Waals surface area contributed by atoms with Gasteiger partial charge in [-0.1, -0.05) is 12.1 Å². The number of fused-ring (bicyclic) bond motifs is 1. The minimum absolute atomic E-state index is 0.111. The van der Waals surface area contributed by atoms with Crippen LogP contribution in [0, 0.1) is 0 Å². The highest BCUT2D eigenvalue weighted by molar-refractivity contribution is 6.24. The maximum absolute atomic E-state index is 13.0. The molecule has 1 aromatic rings. The van der Waals surface area contributed by atoms with Crippen LogP contribution < -0.4 is 16.4 Å². The highest BCUT2D eigenvalue weighted by Gasteiger charge is 2.45. The fourth-order valence-corrected chi connectivity index (χ4v) is 4.19. The van der Waals surface area contributed by atoms with Gasteiger partial charge in [-0.25, -0.2) is 0 Å². The standard InChI is InChI=1S/C19H22N4O4/c20-11-4-5-12(8-11)21-9-10-2-1-3-13-16(10)19(27)23(18(13)26)14-6-7-15(24)22-17(14)25/h1-3,11-12,14,21H,4-9,20H2,(H,22,24,25)/t11-,12-,14?/m0/s1. The molecule has 1 unspecified atom stereocenters. The quantitative estimate of drug-likeness (QED) is 0.644. The third-order valence-corrected chi connectivity index (χ3v) is 5.61. The topological polar surface area (TPSA) is 122 Å². The smallest absolute Gasteiger partial charge is 0.262 e. The van der Waals surface area contributed by atoms with E-state index in [0.717, 1.165) is 29.7 Å². The first-order valence-corrected chi connectivity index (χ1v) is 9.28. The zero-order valence-electron chi connectivity index (χ0n) is 14.9. The lowest BCUT2D eigenvalue weighted by molar-refractivity contribution is -0.136. The molecule has 0 spiro atoms. The Kier molecular flexibility index (Phi) is 4.53. The molecule has 0 radical (unpaired) electrons. The Labute approximate surface area is 156 Å². The van der Waals surface area contributed by atoms with Crippen LogP contribution in [0.15, 0.2) is 18.2 Å². The molecule has 4 N–H and O–H groups in total. The third-order valence-electron chi connectivity index (χ3n) is 5.61. The number of carbonyl (C=O) groups excluding carboxylic acids is 4. The van der Waals surface area contributed by atoms with Crippen molar-refractivity contribution in [1.82, 2.24) is 15.5 Å². The zero-order chi connectivity index (χ0) is 19.1. The van der Waals surface area contributed by atoms with E-state index in [1.54, 1.807) is 12.1 Å². The second-order valence-corrected chi connectivity index (χ2v) is 7.44. The summed E-state index contributed by atoms with van der Waals surface area (Å²) in [5.74, 6) is -1.92. The summed E-state index contributed by atoms with van der Waals surface area (Å²) in [5, 5.41) is 5.62. The number of imide groups is 2. The predicted molar refractivity (Wildman–Crippen MR) is 95.6 cm³/mol. The summed E-state index contributed by atoms with van der Waals surface area (Å²) in [7, 11) is 0. The number of hydrogen-bond donors (Lipinski definition) is 3. The molecule has 1 aliphatic carbocycles. The minimum atomic E-state index is -0.941. The summed E-state index contributed by atoms with van der Waals surface area (Å²) in [6, 6.07) is 4.74. The molecule has 2 heterocycles. The normalized spacial score (nSPS) is 27.9. The predicted octanol–water partition coefficient (Wildman–Crippen LogP) is 0.0572. The number of amides is 4. The van der Waals surface area contributed by atoms with Gasteiger partial charge in [-0.2, -0.15) is 0 Å². The Bertz CT molecular complexity index is 837. The number of carbonyl (C=O) groups is 4. The highest BCUT2D eigenvalue weighted by atomic mass is 16.2. The molecule has 4 rings (SSSR count). The van der Waals surface area contributed by atoms with Crippen LogP contribution in [-0.2, 0) is 16.1 Å². The molecule has 142 valence electrons. The van der Waals surface area contributed by atoms with Crippen molar-refractivity contribution in [3.63, 3.8) is 0 Å². The van der Waals surface area contributed by atoms with Crippen LogP contribution in [0.3, 0.4) is 0 Å². The second kappa shape index (κ2) is 6.86. The Morgan fingerprint density at radius 3 is 2.63 bits per heavy atom. The van der Waals surface area contributed by atoms with Crippen molar-refractivity contribution in [1.29, 1.82) is 0 Å². The molecule has 3 aliphatic rings. The highest BCUT2D eigenvalue weighted by Crippen LogP contribution is 2.30. The van der Waals surface area contributed by atoms with E-state index in [1.807, 2.05) is 6.07 Å². The van der Waals surface area contributed by atoms with Gasteiger partial charge in [-0.3, -0.25) is 29.4 Å². The molecule has 27 heavy (non-hydrogen) atoms. The number of hydrogen-bond acceptors (Lipinski definition) is 6. The Balaban J connectivity index is 1.56. The summed E-state index contributed by atoms with van der Waals surface area (Å²) >= 11 is 0. The van der Waals surface area contributed by atoms with E-state index in [0.29, 0.717) is 23.7 Å². The zero-order valence-corrected chi connectivity index (χ0v) is 14.9. The van der Waals surface area contributed by atoms with Gasteiger partial charge in [0.25, 0.3) is 11.8 Å². The molecule has 2 fully saturated rings. The van der Waals surface area contributed by atoms with E-state index in [2.05, 4.69) is 10.6 Å². The molecule has 8 nitrogen and oxygen atoms in total. The van der Waals surface area contributed by atoms with Crippen LogP contribution in [0.1, 0.15) is 58.4 Å². The van der Waals surface area contributed by atoms with Crippen LogP contribution in [0.4, 0.5) is 0 Å². The lowest BCUT2D eigenvalue weighted by atomic mass is 10.0. The van der Waals surface area contributed by atoms with E-state index < -0.39 is 23.8 Å². The number of rotatable bonds is 4. The van der Waals surface area contributed by atoms with Crippen molar-refractivity contribution in [2.45, 2.75) is 56.8 Å². The largest absolute Gasteiger partial charge is 0.328 e. The average molecular weight is 370 g/mol. The lowest BCUT2D eigenvalue weighted by Gasteiger charge is -2.27. The first-order valence-electron chi connectivity index (χ1n) is 9.28. The van der Waals surface area contributed by atoms with Gasteiger partial charge in [0.2, 0.25) is 11.8 Å². The molecule has 2 aliphatic heterocycles. The fourth-order valence-electron chi connectivity index (χ4n) is 4.19. The van der Waals surface area contributed by atoms with Crippen molar-refractivity contribution in [3.05, 3.63) is 34.9 Å². The average Bonchev–Trinajstić information content (AvgIpc) is 3.16. The second-order valence-electron chi connectivity index (χ2n) is 7.44. The summed E-state index contributed by atoms with van der Waals surface area (Å²) in [5.41, 5.74) is 7.34. The SMILES string of the molecule is N[C@H]1CC[C@H](NCc2cccc3c2C(=O)N(C2CCC(=O)NC2=O)C3=O)C1. The third kappa shape index (κ3) is 3.15. The summed E-state index contributed by atoms with van der Waals surface area (Å²) < 4.78 is 0. The number of nitrogens with two attached hydrogens (primary N) is 1. The van der Waals surface area contributed by atoms with Gasteiger partial charge in [-0.15, -0.1) is 0 Å². The Morgan fingerprint density at radius 1 is 1.11 bits per heavy atom. The summed E-state index contributed by atoms with van der Waals surface area (Å²) in [6.07, 6.45) is 3.13. The molecule has 3 atom stereocenters. The van der Waals surface area contributed by atoms with E-state index in [-0.39, 0.29) is 24.8 Å². The van der Waals surface area contributed by atoms with Gasteiger partial charge >= 0.3 is 0 Å². The van der Waals surface area contributed by atoms with E-state index >= 15 is 0 Å². The molecule has 4 amide bonds. The Morgan fingerprint density at radius 2 is 1.93 bits per heavy atom. The molecule has 8 heteroatoms. The fraction of sp³-hybridized carbons (Fsp3) is 0.474. The van der Waals surface area contributed by atoms with Gasteiger partial charge in [0.1, 0.15) is 6.04 Å². The molecule has 1 saturated carbocycles. The van der Waals surface area contributed by atoms with Crippen molar-refractivity contribution >= 4 is 23.6 Å². The molecule has 1 aromatic carbocycles. The van der Waals surface area contributed by atoms with Crippen molar-refractivity contribution in [3.8, 4) is 0 Å². The molecule has 0 aromatic heterocycles. The molecule has 0 bridgehead atoms. The van der Waals surface area contributed by atoms with Gasteiger partial charge in [0, 0.05) is 25.0 Å². The number of nitrogens with one attached hydrogen (secondary N) is 2. The van der Waals surface area contributed by atoms with Gasteiger partial charge in [-0.05, 0) is 37.3 Å². The number of benzene rings is 1. The Hall–Kier alpha value is -2.58. The maximum atomic E-state index is 13.0. The van der Waals surface area contributed by atoms with Gasteiger partial charge in [0.05, 0.1) is 11.1 Å². The van der Waals surface area contributed by atoms with Crippen LogP contribution in [0.5, 0.6) is 0 Å². The first-order chi connectivity index (χ1) is 13.0. The summed E-state index contributed by atoms with van der Waals surface area (Å²) in [4.78, 5) is 50.3. The van der Waals surface area contributed by atoms with Crippen molar-refractivity contribution in [2.75, 3.05) is 0 Å². The maximum Gasteiger partial charge on any atom is 0.262 e. The lowest BCUT2D eigenvalue weighted by Crippen LogP contribution is -2.54. The molecule has 1 saturated heterocycles. The molecular formula is C19H22N4O4. The molecular weight excluding hydrogens is 348 g/mol. The van der Waals surface area contributed by atoms with E-state index in [1.165, 1.54) is 0 Å². The van der Waals surface area contributed by atoms with Crippen LogP contribution in [0.2, 0.25) is 0 Å². The van der Waals surface area contributed by atoms with Gasteiger partial charge in [0.15, 0.2) is 0 Å². The number of nitrogens with zero attached hydrogens (tertiary/aromatic N) is 1. The monoisotopic (exact) mass is 370 g/mol. The minimum Gasteiger partial charge on any atom is -0.328 e.